The van der Waals surface area contributed by atoms with Crippen LogP contribution in [0.15, 0.2) is 22.7 Å². The van der Waals surface area contributed by atoms with E-state index in [1.54, 1.807) is 0 Å². The van der Waals surface area contributed by atoms with Crippen LogP contribution in [0.1, 0.15) is 24.8 Å². The summed E-state index contributed by atoms with van der Waals surface area (Å²) in [6.45, 7) is 5.96. The predicted octanol–water partition coefficient (Wildman–Crippen LogP) is 2.70. The summed E-state index contributed by atoms with van der Waals surface area (Å²) in [7, 11) is 0. The zero-order valence-electron chi connectivity index (χ0n) is 11.3. The van der Waals surface area contributed by atoms with Crippen molar-refractivity contribution in [1.29, 1.82) is 0 Å². The van der Waals surface area contributed by atoms with Crippen molar-refractivity contribution in [3.8, 4) is 0 Å². The van der Waals surface area contributed by atoms with E-state index in [2.05, 4.69) is 37.9 Å². The molecular weight excluding hydrogens is 302 g/mol. The summed E-state index contributed by atoms with van der Waals surface area (Å²) in [4.78, 5) is 5.25. The normalized spacial score (nSPS) is 25.2. The summed E-state index contributed by atoms with van der Waals surface area (Å²) < 4.78 is 1.08. The smallest absolute Gasteiger partial charge is 0.0328 e. The Morgan fingerprint density at radius 1 is 1.16 bits per heavy atom. The van der Waals surface area contributed by atoms with E-state index in [1.165, 1.54) is 51.0 Å². The fourth-order valence-corrected chi connectivity index (χ4v) is 3.95. The van der Waals surface area contributed by atoms with E-state index in [4.69, 9.17) is 5.73 Å². The van der Waals surface area contributed by atoms with Crippen LogP contribution in [-0.4, -0.2) is 42.0 Å². The molecule has 0 amide bonds. The second kappa shape index (κ2) is 5.81. The number of hydrogen-bond donors (Lipinski definition) is 1. The minimum Gasteiger partial charge on any atom is -0.399 e. The summed E-state index contributed by atoms with van der Waals surface area (Å²) in [5.41, 5.74) is 8.08. The molecule has 0 aromatic heterocycles. The Balaban J connectivity index is 1.64. The van der Waals surface area contributed by atoms with Gasteiger partial charge in [0.1, 0.15) is 0 Å². The van der Waals surface area contributed by atoms with Crippen molar-refractivity contribution >= 4 is 21.6 Å². The van der Waals surface area contributed by atoms with Crippen LogP contribution in [0.4, 0.5) is 5.69 Å². The molecule has 3 rings (SSSR count). The van der Waals surface area contributed by atoms with E-state index < -0.39 is 0 Å². The molecule has 19 heavy (non-hydrogen) atoms. The van der Waals surface area contributed by atoms with Crippen molar-refractivity contribution < 1.29 is 0 Å². The van der Waals surface area contributed by atoms with Gasteiger partial charge in [-0.25, -0.2) is 0 Å². The number of benzene rings is 1. The highest BCUT2D eigenvalue weighted by molar-refractivity contribution is 9.10. The van der Waals surface area contributed by atoms with Crippen molar-refractivity contribution in [1.82, 2.24) is 9.80 Å². The van der Waals surface area contributed by atoms with Gasteiger partial charge in [-0.05, 0) is 43.1 Å². The SMILES string of the molecule is Nc1cc(Br)cc(CN2CCN3CCCCC3C2)c1. The summed E-state index contributed by atoms with van der Waals surface area (Å²) in [5.74, 6) is 0. The fourth-order valence-electron chi connectivity index (χ4n) is 3.39. The van der Waals surface area contributed by atoms with Crippen LogP contribution in [0.2, 0.25) is 0 Å². The van der Waals surface area contributed by atoms with E-state index in [9.17, 15) is 0 Å². The molecule has 0 spiro atoms. The van der Waals surface area contributed by atoms with E-state index in [-0.39, 0.29) is 0 Å². The minimum atomic E-state index is 0.784. The molecule has 0 aliphatic carbocycles. The zero-order valence-corrected chi connectivity index (χ0v) is 12.9. The molecule has 2 N–H and O–H groups in total. The van der Waals surface area contributed by atoms with Crippen LogP contribution in [0.5, 0.6) is 0 Å². The number of nitrogen functional groups attached to an aromatic ring is 1. The Bertz CT molecular complexity index is 429. The van der Waals surface area contributed by atoms with Crippen LogP contribution in [0, 0.1) is 0 Å². The first kappa shape index (κ1) is 13.4. The van der Waals surface area contributed by atoms with Gasteiger partial charge >= 0.3 is 0 Å². The van der Waals surface area contributed by atoms with Gasteiger partial charge in [0.05, 0.1) is 0 Å². The summed E-state index contributed by atoms with van der Waals surface area (Å²) in [5, 5.41) is 0. The lowest BCUT2D eigenvalue weighted by Crippen LogP contribution is -2.54. The van der Waals surface area contributed by atoms with Gasteiger partial charge in [-0.2, -0.15) is 0 Å². The first-order chi connectivity index (χ1) is 9.20. The first-order valence-corrected chi connectivity index (χ1v) is 8.01. The zero-order chi connectivity index (χ0) is 13.2. The number of piperazine rings is 1. The minimum absolute atomic E-state index is 0.784. The fraction of sp³-hybridized carbons (Fsp3) is 0.600. The largest absolute Gasteiger partial charge is 0.399 e. The molecule has 2 fully saturated rings. The predicted molar refractivity (Wildman–Crippen MR) is 83.0 cm³/mol. The molecular formula is C15H22BrN3. The second-order valence-electron chi connectivity index (χ2n) is 5.81. The molecule has 0 radical (unpaired) electrons. The van der Waals surface area contributed by atoms with E-state index >= 15 is 0 Å². The number of nitrogens with zero attached hydrogens (tertiary/aromatic N) is 2. The highest BCUT2D eigenvalue weighted by atomic mass is 79.9. The molecule has 0 bridgehead atoms. The number of rotatable bonds is 2. The number of fused-ring (bicyclic) bond motifs is 1. The lowest BCUT2D eigenvalue weighted by molar-refractivity contribution is 0.0457. The van der Waals surface area contributed by atoms with Crippen LogP contribution in [0.25, 0.3) is 0 Å². The molecule has 3 nitrogen and oxygen atoms in total. The highest BCUT2D eigenvalue weighted by Gasteiger charge is 2.28. The van der Waals surface area contributed by atoms with Crippen molar-refractivity contribution in [2.45, 2.75) is 31.8 Å². The lowest BCUT2D eigenvalue weighted by atomic mass is 9.99. The lowest BCUT2D eigenvalue weighted by Gasteiger charge is -2.44. The average Bonchev–Trinajstić information content (AvgIpc) is 2.37. The van der Waals surface area contributed by atoms with Gasteiger partial charge in [-0.15, -0.1) is 0 Å². The monoisotopic (exact) mass is 323 g/mol. The molecule has 1 aromatic rings. The average molecular weight is 324 g/mol. The van der Waals surface area contributed by atoms with Gasteiger partial charge in [0.25, 0.3) is 0 Å². The number of piperidine rings is 1. The Hall–Kier alpha value is -0.580. The highest BCUT2D eigenvalue weighted by Crippen LogP contribution is 2.23. The molecule has 1 aromatic carbocycles. The second-order valence-corrected chi connectivity index (χ2v) is 6.73. The van der Waals surface area contributed by atoms with Crippen LogP contribution in [-0.2, 0) is 6.54 Å². The van der Waals surface area contributed by atoms with E-state index in [1.807, 2.05) is 6.07 Å². The summed E-state index contributed by atoms with van der Waals surface area (Å²) in [6.07, 6.45) is 4.16. The maximum atomic E-state index is 5.91. The van der Waals surface area contributed by atoms with Crippen molar-refractivity contribution in [3.63, 3.8) is 0 Å². The Morgan fingerprint density at radius 2 is 2.05 bits per heavy atom. The molecule has 2 saturated heterocycles. The van der Waals surface area contributed by atoms with Gasteiger partial charge in [-0.3, -0.25) is 9.80 Å². The number of nitrogens with two attached hydrogens (primary N) is 1. The summed E-state index contributed by atoms with van der Waals surface area (Å²) >= 11 is 3.53. The van der Waals surface area contributed by atoms with Crippen molar-refractivity contribution in [3.05, 3.63) is 28.2 Å². The van der Waals surface area contributed by atoms with Crippen LogP contribution < -0.4 is 5.73 Å². The third kappa shape index (κ3) is 3.30. The Morgan fingerprint density at radius 3 is 2.89 bits per heavy atom. The molecule has 2 heterocycles. The number of halogens is 1. The van der Waals surface area contributed by atoms with Gasteiger partial charge in [0.2, 0.25) is 0 Å². The first-order valence-electron chi connectivity index (χ1n) is 7.22. The van der Waals surface area contributed by atoms with Gasteiger partial charge < -0.3 is 5.73 Å². The molecule has 104 valence electrons. The van der Waals surface area contributed by atoms with Gasteiger partial charge in [-0.1, -0.05) is 22.4 Å². The van der Waals surface area contributed by atoms with Crippen molar-refractivity contribution in [2.24, 2.45) is 0 Å². The molecule has 2 aliphatic heterocycles. The van der Waals surface area contributed by atoms with Gasteiger partial charge in [0.15, 0.2) is 0 Å². The van der Waals surface area contributed by atoms with E-state index in [0.717, 1.165) is 22.7 Å². The topological polar surface area (TPSA) is 32.5 Å². The Kier molecular flexibility index (Phi) is 4.10. The molecule has 2 aliphatic rings. The third-order valence-corrected chi connectivity index (χ3v) is 4.77. The molecule has 4 heteroatoms. The quantitative estimate of drug-likeness (QED) is 0.849. The number of hydrogen-bond acceptors (Lipinski definition) is 3. The summed E-state index contributed by atoms with van der Waals surface area (Å²) in [6, 6.07) is 7.02. The Labute approximate surface area is 123 Å². The van der Waals surface area contributed by atoms with Gasteiger partial charge in [0, 0.05) is 42.4 Å². The van der Waals surface area contributed by atoms with Crippen molar-refractivity contribution in [2.75, 3.05) is 31.9 Å². The van der Waals surface area contributed by atoms with E-state index in [0.29, 0.717) is 0 Å². The van der Waals surface area contributed by atoms with Crippen LogP contribution >= 0.6 is 15.9 Å². The van der Waals surface area contributed by atoms with Crippen LogP contribution in [0.3, 0.4) is 0 Å². The maximum Gasteiger partial charge on any atom is 0.0328 e. The molecule has 1 unspecified atom stereocenters. The third-order valence-electron chi connectivity index (χ3n) is 4.31. The maximum absolute atomic E-state index is 5.91. The molecule has 1 atom stereocenters. The number of anilines is 1. The molecule has 0 saturated carbocycles. The standard InChI is InChI=1S/C15H22BrN3/c16-13-7-12(8-14(17)9-13)10-18-5-6-19-4-2-1-3-15(19)11-18/h7-9,15H,1-6,10-11,17H2.